The van der Waals surface area contributed by atoms with E-state index < -0.39 is 5.41 Å². The maximum atomic E-state index is 7.05. The summed E-state index contributed by atoms with van der Waals surface area (Å²) < 4.78 is 7.05. The first-order valence-corrected chi connectivity index (χ1v) is 19.8. The Balaban J connectivity index is 1.14. The summed E-state index contributed by atoms with van der Waals surface area (Å²) in [5.74, 6) is 1.04. The zero-order chi connectivity index (χ0) is 37.9. The number of rotatable bonds is 7. The first-order chi connectivity index (χ1) is 28.2. The normalized spacial score (nSPS) is 16.9. The van der Waals surface area contributed by atoms with E-state index in [1.807, 2.05) is 6.07 Å². The Labute approximate surface area is 332 Å². The monoisotopic (exact) mass is 730 g/mol. The Kier molecular flexibility index (Phi) is 7.75. The van der Waals surface area contributed by atoms with Gasteiger partial charge in [0.2, 0.25) is 0 Å². The molecule has 0 amide bonds. The quantitative estimate of drug-likeness (QED) is 0.150. The van der Waals surface area contributed by atoms with Crippen LogP contribution in [0.4, 0.5) is 0 Å². The van der Waals surface area contributed by atoms with Gasteiger partial charge in [0.05, 0.1) is 18.0 Å². The average molecular weight is 731 g/mol. The van der Waals surface area contributed by atoms with E-state index in [9.17, 15) is 0 Å². The largest absolute Gasteiger partial charge is 0.459 e. The highest BCUT2D eigenvalue weighted by molar-refractivity contribution is 6.17. The van der Waals surface area contributed by atoms with Gasteiger partial charge in [-0.3, -0.25) is 9.98 Å². The molecule has 3 aliphatic carbocycles. The van der Waals surface area contributed by atoms with Crippen molar-refractivity contribution >= 4 is 45.4 Å². The molecule has 270 valence electrons. The van der Waals surface area contributed by atoms with Crippen LogP contribution in [0, 0.1) is 0 Å². The summed E-state index contributed by atoms with van der Waals surface area (Å²) in [6.45, 7) is 4.60. The first kappa shape index (κ1) is 33.3. The van der Waals surface area contributed by atoms with Crippen molar-refractivity contribution in [1.82, 2.24) is 0 Å². The van der Waals surface area contributed by atoms with Gasteiger partial charge in [-0.2, -0.15) is 0 Å². The van der Waals surface area contributed by atoms with Crippen LogP contribution in [-0.2, 0) is 12.0 Å². The number of para-hydroxylation sites is 1. The van der Waals surface area contributed by atoms with Gasteiger partial charge in [-0.15, -0.1) is 0 Å². The van der Waals surface area contributed by atoms with Gasteiger partial charge in [0, 0.05) is 22.1 Å². The lowest BCUT2D eigenvalue weighted by Crippen LogP contribution is -2.27. The fourth-order valence-corrected chi connectivity index (χ4v) is 9.73. The molecule has 1 heterocycles. The van der Waals surface area contributed by atoms with E-state index in [0.29, 0.717) is 6.54 Å². The van der Waals surface area contributed by atoms with Gasteiger partial charge in [-0.1, -0.05) is 164 Å². The molecule has 57 heavy (non-hydrogen) atoms. The molecule has 11 rings (SSSR count). The number of furan rings is 1. The Morgan fingerprint density at radius 1 is 0.667 bits per heavy atom. The Morgan fingerprint density at radius 3 is 2.30 bits per heavy atom. The van der Waals surface area contributed by atoms with E-state index in [2.05, 4.69) is 188 Å². The minimum absolute atomic E-state index is 0.524. The summed E-state index contributed by atoms with van der Waals surface area (Å²) in [6, 6.07) is 58.4. The van der Waals surface area contributed by atoms with Crippen molar-refractivity contribution in [2.45, 2.75) is 24.8 Å². The number of allylic oxidation sites excluding steroid dienone is 5. The van der Waals surface area contributed by atoms with E-state index in [0.717, 1.165) is 79.6 Å². The summed E-state index contributed by atoms with van der Waals surface area (Å²) in [5.41, 5.74) is 16.6. The van der Waals surface area contributed by atoms with Crippen molar-refractivity contribution in [2.75, 3.05) is 0 Å². The van der Waals surface area contributed by atoms with Crippen molar-refractivity contribution < 1.29 is 4.42 Å². The van der Waals surface area contributed by atoms with E-state index >= 15 is 0 Å². The van der Waals surface area contributed by atoms with Crippen LogP contribution in [0.5, 0.6) is 0 Å². The molecule has 7 aromatic carbocycles. The van der Waals surface area contributed by atoms with Crippen LogP contribution in [0.15, 0.2) is 202 Å². The fourth-order valence-electron chi connectivity index (χ4n) is 9.73. The van der Waals surface area contributed by atoms with Gasteiger partial charge in [0.1, 0.15) is 16.8 Å². The molecule has 0 saturated carbocycles. The maximum absolute atomic E-state index is 7.05. The zero-order valence-corrected chi connectivity index (χ0v) is 31.5. The second kappa shape index (κ2) is 13.3. The van der Waals surface area contributed by atoms with Crippen LogP contribution in [0.3, 0.4) is 0 Å². The van der Waals surface area contributed by atoms with E-state index in [-0.39, 0.29) is 0 Å². The topological polar surface area (TPSA) is 37.9 Å². The Morgan fingerprint density at radius 2 is 1.40 bits per heavy atom. The molecule has 1 aromatic heterocycles. The number of benzene rings is 7. The number of nitrogens with zero attached hydrogens (tertiary/aromatic N) is 2. The molecule has 0 fully saturated rings. The highest BCUT2D eigenvalue weighted by atomic mass is 16.3. The molecule has 3 aliphatic rings. The molecule has 0 aliphatic heterocycles. The van der Waals surface area contributed by atoms with E-state index in [1.165, 1.54) is 39.0 Å². The highest BCUT2D eigenvalue weighted by Crippen LogP contribution is 2.65. The van der Waals surface area contributed by atoms with E-state index in [4.69, 9.17) is 9.41 Å². The van der Waals surface area contributed by atoms with Crippen LogP contribution in [0.25, 0.3) is 55.3 Å². The molecule has 3 heteroatoms. The minimum atomic E-state index is -0.524. The van der Waals surface area contributed by atoms with Gasteiger partial charge < -0.3 is 4.42 Å². The van der Waals surface area contributed by atoms with Crippen molar-refractivity contribution in [3.8, 4) is 22.3 Å². The summed E-state index contributed by atoms with van der Waals surface area (Å²) in [6.07, 6.45) is 8.76. The van der Waals surface area contributed by atoms with Crippen molar-refractivity contribution in [1.29, 1.82) is 0 Å². The molecule has 0 saturated heterocycles. The van der Waals surface area contributed by atoms with Gasteiger partial charge >= 0.3 is 0 Å². The summed E-state index contributed by atoms with van der Waals surface area (Å²) >= 11 is 0. The number of hydrogen-bond donors (Lipinski definition) is 0. The molecule has 1 unspecified atom stereocenters. The molecule has 3 nitrogen and oxygen atoms in total. The zero-order valence-electron chi connectivity index (χ0n) is 31.5. The maximum Gasteiger partial charge on any atom is 0.135 e. The van der Waals surface area contributed by atoms with Crippen LogP contribution >= 0.6 is 0 Å². The molecule has 0 N–H and O–H groups in total. The van der Waals surface area contributed by atoms with Gasteiger partial charge in [-0.05, 0) is 98.6 Å². The summed E-state index contributed by atoms with van der Waals surface area (Å²) in [7, 11) is 0. The molecule has 0 radical (unpaired) electrons. The number of fused-ring (bicyclic) bond motifs is 12. The lowest BCUT2D eigenvalue weighted by Gasteiger charge is -2.31. The smallest absolute Gasteiger partial charge is 0.135 e. The fraction of sp³-hybridized carbons (Fsp3) is 0.0741. The van der Waals surface area contributed by atoms with Crippen LogP contribution in [0.2, 0.25) is 0 Å². The molecule has 1 atom stereocenters. The molecule has 0 bridgehead atoms. The molecular formula is C54H38N2O. The Hall–Kier alpha value is -7.10. The third-order valence-electron chi connectivity index (χ3n) is 12.2. The van der Waals surface area contributed by atoms with Crippen molar-refractivity contribution in [3.05, 3.63) is 227 Å². The van der Waals surface area contributed by atoms with Gasteiger partial charge in [-0.25, -0.2) is 0 Å². The SMILES string of the molecule is C=N/C(=C\C(=NCc1ccccc1)c1ccccc1-c1ccc2c(c1)C1(C3=C(C=CCC3)c3ccccc31)c1oc3ccccc3c1-2)c1cccc2ccccc12. The third kappa shape index (κ3) is 5.05. The van der Waals surface area contributed by atoms with Gasteiger partial charge in [0.15, 0.2) is 0 Å². The standard InChI is InChI=1S/C54H38N2O/c1-55-49(42-26-15-19-36-18-5-6-20-38(36)42)33-50(56-34-35-16-3-2-4-17-35)43-24-8-7-21-39(43)37-30-31-44-48(32-37)54(53-52(44)45-25-11-14-29-51(45)57-53)46-27-12-9-22-40(46)41-23-10-13-28-47(41)54/h2-12,14-27,29-33H,1,13,28,34H2/b49-33-,56-50?. The average Bonchev–Trinajstić information content (AvgIpc) is 3.90. The second-order valence-corrected chi connectivity index (χ2v) is 15.1. The van der Waals surface area contributed by atoms with E-state index in [1.54, 1.807) is 0 Å². The number of aliphatic imine (C=N–C) groups is 2. The van der Waals surface area contributed by atoms with Crippen LogP contribution in [-0.4, -0.2) is 12.4 Å². The highest BCUT2D eigenvalue weighted by Gasteiger charge is 2.55. The predicted octanol–water partition coefficient (Wildman–Crippen LogP) is 13.4. The molecular weight excluding hydrogens is 693 g/mol. The Bertz CT molecular complexity index is 3060. The lowest BCUT2D eigenvalue weighted by molar-refractivity contribution is 0.494. The minimum Gasteiger partial charge on any atom is -0.459 e. The molecule has 1 spiro atoms. The third-order valence-corrected chi connectivity index (χ3v) is 12.2. The first-order valence-electron chi connectivity index (χ1n) is 19.8. The lowest BCUT2D eigenvalue weighted by atomic mass is 9.70. The number of hydrogen-bond acceptors (Lipinski definition) is 3. The van der Waals surface area contributed by atoms with Crippen LogP contribution < -0.4 is 0 Å². The molecule has 8 aromatic rings. The summed E-state index contributed by atoms with van der Waals surface area (Å²) in [5, 5.41) is 3.45. The second-order valence-electron chi connectivity index (χ2n) is 15.1. The van der Waals surface area contributed by atoms with Crippen molar-refractivity contribution in [3.63, 3.8) is 0 Å². The van der Waals surface area contributed by atoms with Crippen molar-refractivity contribution in [2.24, 2.45) is 9.98 Å². The van der Waals surface area contributed by atoms with Crippen LogP contribution in [0.1, 0.15) is 52.0 Å². The summed E-state index contributed by atoms with van der Waals surface area (Å²) in [4.78, 5) is 9.99. The van der Waals surface area contributed by atoms with Gasteiger partial charge in [0.25, 0.3) is 0 Å². The predicted molar refractivity (Wildman–Crippen MR) is 237 cm³/mol.